The normalized spacial score (nSPS) is 22.7. The lowest BCUT2D eigenvalue weighted by molar-refractivity contribution is -0.122. The first-order valence-electron chi connectivity index (χ1n) is 11.3. The Morgan fingerprint density at radius 2 is 1.93 bits per heavy atom. The van der Waals surface area contributed by atoms with Gasteiger partial charge in [-0.3, -0.25) is 9.69 Å². The second-order valence-electron chi connectivity index (χ2n) is 8.91. The Morgan fingerprint density at radius 3 is 2.63 bits per heavy atom. The molecule has 0 bridgehead atoms. The van der Waals surface area contributed by atoms with Crippen LogP contribution in [-0.4, -0.2) is 52.1 Å². The predicted octanol–water partition coefficient (Wildman–Crippen LogP) is 3.62. The number of nitrogens with zero attached hydrogens (tertiary/aromatic N) is 4. The lowest BCUT2D eigenvalue weighted by atomic mass is 9.79. The minimum Gasteiger partial charge on any atom is -0.356 e. The molecule has 2 aliphatic rings. The first kappa shape index (κ1) is 21.0. The van der Waals surface area contributed by atoms with Crippen molar-refractivity contribution in [3.63, 3.8) is 0 Å². The SMILES string of the molecule is Cc1cc(-c2cnc(C)nc2C2CCC(CNC(=O)CN3CCCCC3)CC2)on1. The van der Waals surface area contributed by atoms with Gasteiger partial charge in [0.2, 0.25) is 5.91 Å². The highest BCUT2D eigenvalue weighted by Crippen LogP contribution is 2.38. The molecule has 7 nitrogen and oxygen atoms in total. The van der Waals surface area contributed by atoms with Crippen LogP contribution < -0.4 is 5.32 Å². The lowest BCUT2D eigenvalue weighted by Gasteiger charge is -2.30. The highest BCUT2D eigenvalue weighted by Gasteiger charge is 2.27. The van der Waals surface area contributed by atoms with Crippen LogP contribution in [0.4, 0.5) is 0 Å². The molecule has 3 heterocycles. The molecular formula is C23H33N5O2. The number of nitrogens with one attached hydrogen (secondary N) is 1. The standard InChI is InChI=1S/C23H33N5O2/c1-16-12-21(30-27-16)20-14-24-17(2)26-23(20)19-8-6-18(7-9-19)13-25-22(29)15-28-10-4-3-5-11-28/h12,14,18-19H,3-11,13,15H2,1-2H3,(H,25,29). The van der Waals surface area contributed by atoms with Crippen LogP contribution in [0.5, 0.6) is 0 Å². The van der Waals surface area contributed by atoms with E-state index in [1.54, 1.807) is 0 Å². The molecule has 1 saturated carbocycles. The van der Waals surface area contributed by atoms with Crippen molar-refractivity contribution in [3.05, 3.63) is 29.5 Å². The fourth-order valence-corrected chi connectivity index (χ4v) is 4.75. The molecule has 162 valence electrons. The van der Waals surface area contributed by atoms with E-state index in [0.29, 0.717) is 18.4 Å². The van der Waals surface area contributed by atoms with Gasteiger partial charge in [-0.25, -0.2) is 9.97 Å². The van der Waals surface area contributed by atoms with Crippen molar-refractivity contribution in [2.45, 2.75) is 64.7 Å². The molecule has 1 N–H and O–H groups in total. The molecular weight excluding hydrogens is 378 g/mol. The molecule has 7 heteroatoms. The van der Waals surface area contributed by atoms with E-state index in [2.05, 4.69) is 20.4 Å². The molecule has 0 atom stereocenters. The quantitative estimate of drug-likeness (QED) is 0.781. The van der Waals surface area contributed by atoms with Crippen LogP contribution in [0.2, 0.25) is 0 Å². The van der Waals surface area contributed by atoms with E-state index in [9.17, 15) is 4.79 Å². The van der Waals surface area contributed by atoms with E-state index < -0.39 is 0 Å². The topological polar surface area (TPSA) is 84.2 Å². The zero-order chi connectivity index (χ0) is 20.9. The Bertz CT molecular complexity index is 851. The molecule has 2 aromatic rings. The Morgan fingerprint density at radius 1 is 1.17 bits per heavy atom. The van der Waals surface area contributed by atoms with E-state index in [4.69, 9.17) is 9.51 Å². The van der Waals surface area contributed by atoms with E-state index in [-0.39, 0.29) is 5.91 Å². The van der Waals surface area contributed by atoms with Crippen molar-refractivity contribution in [1.82, 2.24) is 25.3 Å². The van der Waals surface area contributed by atoms with Crippen LogP contribution in [0.3, 0.4) is 0 Å². The average molecular weight is 412 g/mol. The second-order valence-corrected chi connectivity index (χ2v) is 8.91. The molecule has 4 rings (SSSR count). The Balaban J connectivity index is 1.30. The van der Waals surface area contributed by atoms with Gasteiger partial charge in [-0.05, 0) is 71.4 Å². The fourth-order valence-electron chi connectivity index (χ4n) is 4.75. The number of amides is 1. The number of carbonyl (C=O) groups is 1. The summed E-state index contributed by atoms with van der Waals surface area (Å²) in [5.74, 6) is 2.65. The summed E-state index contributed by atoms with van der Waals surface area (Å²) in [6.45, 7) is 7.31. The number of aromatic nitrogens is 3. The summed E-state index contributed by atoms with van der Waals surface area (Å²) in [6, 6.07) is 1.95. The molecule has 0 aromatic carbocycles. The van der Waals surface area contributed by atoms with E-state index in [0.717, 1.165) is 73.9 Å². The summed E-state index contributed by atoms with van der Waals surface area (Å²) in [7, 11) is 0. The molecule has 1 aliphatic heterocycles. The molecule has 0 radical (unpaired) electrons. The summed E-state index contributed by atoms with van der Waals surface area (Å²) < 4.78 is 5.49. The van der Waals surface area contributed by atoms with Crippen LogP contribution in [0.25, 0.3) is 11.3 Å². The van der Waals surface area contributed by atoms with Crippen molar-refractivity contribution in [2.75, 3.05) is 26.2 Å². The van der Waals surface area contributed by atoms with Crippen LogP contribution >= 0.6 is 0 Å². The molecule has 1 aliphatic carbocycles. The summed E-state index contributed by atoms with van der Waals surface area (Å²) in [5.41, 5.74) is 2.89. The maximum atomic E-state index is 12.3. The number of hydrogen-bond acceptors (Lipinski definition) is 6. The molecule has 0 unspecified atom stereocenters. The van der Waals surface area contributed by atoms with Gasteiger partial charge in [0, 0.05) is 24.7 Å². The number of hydrogen-bond donors (Lipinski definition) is 1. The summed E-state index contributed by atoms with van der Waals surface area (Å²) in [5, 5.41) is 7.20. The van der Waals surface area contributed by atoms with Crippen molar-refractivity contribution < 1.29 is 9.32 Å². The van der Waals surface area contributed by atoms with Crippen molar-refractivity contribution in [1.29, 1.82) is 0 Å². The molecule has 1 saturated heterocycles. The zero-order valence-corrected chi connectivity index (χ0v) is 18.2. The van der Waals surface area contributed by atoms with Crippen molar-refractivity contribution in [3.8, 4) is 11.3 Å². The maximum Gasteiger partial charge on any atom is 0.234 e. The third-order valence-corrected chi connectivity index (χ3v) is 6.47. The van der Waals surface area contributed by atoms with E-state index >= 15 is 0 Å². The number of aryl methyl sites for hydroxylation is 2. The van der Waals surface area contributed by atoms with Gasteiger partial charge >= 0.3 is 0 Å². The van der Waals surface area contributed by atoms with Gasteiger partial charge in [-0.1, -0.05) is 11.6 Å². The van der Waals surface area contributed by atoms with Gasteiger partial charge in [-0.2, -0.15) is 0 Å². The van der Waals surface area contributed by atoms with Crippen LogP contribution in [-0.2, 0) is 4.79 Å². The third-order valence-electron chi connectivity index (χ3n) is 6.47. The Labute approximate surface area is 178 Å². The maximum absolute atomic E-state index is 12.3. The summed E-state index contributed by atoms with van der Waals surface area (Å²) >= 11 is 0. The van der Waals surface area contributed by atoms with E-state index in [1.807, 2.05) is 26.1 Å². The minimum atomic E-state index is 0.174. The van der Waals surface area contributed by atoms with Gasteiger partial charge in [0.15, 0.2) is 5.76 Å². The molecule has 1 amide bonds. The minimum absolute atomic E-state index is 0.174. The lowest BCUT2D eigenvalue weighted by Crippen LogP contribution is -2.41. The van der Waals surface area contributed by atoms with E-state index in [1.165, 1.54) is 19.3 Å². The summed E-state index contributed by atoms with van der Waals surface area (Å²) in [6.07, 6.45) is 9.95. The summed E-state index contributed by atoms with van der Waals surface area (Å²) in [4.78, 5) is 23.7. The first-order chi connectivity index (χ1) is 14.6. The number of likely N-dealkylation sites (tertiary alicyclic amines) is 1. The molecule has 0 spiro atoms. The smallest absolute Gasteiger partial charge is 0.234 e. The molecule has 30 heavy (non-hydrogen) atoms. The highest BCUT2D eigenvalue weighted by molar-refractivity contribution is 5.78. The Hall–Kier alpha value is -2.28. The number of carbonyl (C=O) groups excluding carboxylic acids is 1. The second kappa shape index (κ2) is 9.69. The highest BCUT2D eigenvalue weighted by atomic mass is 16.5. The van der Waals surface area contributed by atoms with Crippen LogP contribution in [0, 0.1) is 19.8 Å². The van der Waals surface area contributed by atoms with Crippen molar-refractivity contribution >= 4 is 5.91 Å². The monoisotopic (exact) mass is 411 g/mol. The van der Waals surface area contributed by atoms with Gasteiger partial charge in [-0.15, -0.1) is 0 Å². The van der Waals surface area contributed by atoms with Gasteiger partial charge < -0.3 is 9.84 Å². The largest absolute Gasteiger partial charge is 0.356 e. The zero-order valence-electron chi connectivity index (χ0n) is 18.2. The molecule has 2 aromatic heterocycles. The van der Waals surface area contributed by atoms with Gasteiger partial charge in [0.25, 0.3) is 0 Å². The Kier molecular flexibility index (Phi) is 6.77. The predicted molar refractivity (Wildman–Crippen MR) is 115 cm³/mol. The van der Waals surface area contributed by atoms with Crippen LogP contribution in [0.1, 0.15) is 68.1 Å². The fraction of sp³-hybridized carbons (Fsp3) is 0.652. The average Bonchev–Trinajstić information content (AvgIpc) is 3.19. The van der Waals surface area contributed by atoms with Gasteiger partial charge in [0.05, 0.1) is 23.5 Å². The van der Waals surface area contributed by atoms with Crippen LogP contribution in [0.15, 0.2) is 16.8 Å². The van der Waals surface area contributed by atoms with Gasteiger partial charge in [0.1, 0.15) is 5.82 Å². The number of piperidine rings is 1. The first-order valence-corrected chi connectivity index (χ1v) is 11.3. The van der Waals surface area contributed by atoms with Crippen molar-refractivity contribution in [2.24, 2.45) is 5.92 Å². The number of rotatable bonds is 6. The third kappa shape index (κ3) is 5.25. The molecule has 2 fully saturated rings.